The quantitative estimate of drug-likeness (QED) is 0.794. The summed E-state index contributed by atoms with van der Waals surface area (Å²) < 4.78 is 1.93. The van der Waals surface area contributed by atoms with Crippen LogP contribution in [0.2, 0.25) is 5.15 Å². The molecule has 1 aliphatic rings. The number of halogens is 1. The first-order valence-corrected chi connectivity index (χ1v) is 10.3. The van der Waals surface area contributed by atoms with Gasteiger partial charge in [-0.1, -0.05) is 18.5 Å². The third-order valence-electron chi connectivity index (χ3n) is 4.95. The Morgan fingerprint density at radius 2 is 2.26 bits per heavy atom. The lowest BCUT2D eigenvalue weighted by Crippen LogP contribution is -2.51. The number of hydrogen-bond donors (Lipinski definition) is 1. The number of carbonyl (C=O) groups is 2. The fraction of sp³-hybridized carbons (Fsp3) is 0.556. The molecule has 27 heavy (non-hydrogen) atoms. The van der Waals surface area contributed by atoms with Crippen LogP contribution in [0.4, 0.5) is 0 Å². The summed E-state index contributed by atoms with van der Waals surface area (Å²) in [6.45, 7) is 3.34. The Bertz CT molecular complexity index is 805. The average molecular weight is 410 g/mol. The molecule has 2 aromatic heterocycles. The normalized spacial score (nSPS) is 19.9. The van der Waals surface area contributed by atoms with E-state index in [1.165, 1.54) is 11.3 Å². The SMILES string of the molecule is C[C@@H]1CCN(C(=O)CCc2nccn2C)[C@H](CNC(=O)c2nc(Cl)cs2)C1. The highest BCUT2D eigenvalue weighted by molar-refractivity contribution is 7.12. The number of amides is 2. The van der Waals surface area contributed by atoms with Crippen molar-refractivity contribution >= 4 is 34.8 Å². The molecule has 146 valence electrons. The minimum absolute atomic E-state index is 0.00186. The monoisotopic (exact) mass is 409 g/mol. The Kier molecular flexibility index (Phi) is 6.49. The van der Waals surface area contributed by atoms with E-state index in [0.29, 0.717) is 35.5 Å². The van der Waals surface area contributed by atoms with Crippen LogP contribution < -0.4 is 5.32 Å². The van der Waals surface area contributed by atoms with Gasteiger partial charge in [0.2, 0.25) is 5.91 Å². The fourth-order valence-electron chi connectivity index (χ4n) is 3.42. The molecule has 0 radical (unpaired) electrons. The van der Waals surface area contributed by atoms with Crippen LogP contribution >= 0.6 is 22.9 Å². The summed E-state index contributed by atoms with van der Waals surface area (Å²) in [5, 5.41) is 5.20. The van der Waals surface area contributed by atoms with E-state index in [0.717, 1.165) is 25.2 Å². The molecule has 9 heteroatoms. The summed E-state index contributed by atoms with van der Waals surface area (Å²) in [4.78, 5) is 35.2. The van der Waals surface area contributed by atoms with Crippen molar-refractivity contribution < 1.29 is 9.59 Å². The van der Waals surface area contributed by atoms with Crippen LogP contribution in [0.5, 0.6) is 0 Å². The van der Waals surface area contributed by atoms with E-state index >= 15 is 0 Å². The summed E-state index contributed by atoms with van der Waals surface area (Å²) in [5.74, 6) is 1.30. The predicted octanol–water partition coefficient (Wildman–Crippen LogP) is 2.52. The molecule has 3 rings (SSSR count). The van der Waals surface area contributed by atoms with Gasteiger partial charge in [0.25, 0.3) is 5.91 Å². The van der Waals surface area contributed by atoms with Gasteiger partial charge >= 0.3 is 0 Å². The molecule has 0 spiro atoms. The Balaban J connectivity index is 1.57. The van der Waals surface area contributed by atoms with Gasteiger partial charge in [-0.2, -0.15) is 0 Å². The predicted molar refractivity (Wildman–Crippen MR) is 105 cm³/mol. The lowest BCUT2D eigenvalue weighted by Gasteiger charge is -2.38. The number of hydrogen-bond acceptors (Lipinski definition) is 5. The summed E-state index contributed by atoms with van der Waals surface area (Å²) in [6.07, 6.45) is 6.53. The second-order valence-corrected chi connectivity index (χ2v) is 8.26. The number of nitrogens with zero attached hydrogens (tertiary/aromatic N) is 4. The molecular formula is C18H24ClN5O2S. The van der Waals surface area contributed by atoms with Gasteiger partial charge in [-0.25, -0.2) is 9.97 Å². The molecule has 0 aromatic carbocycles. The van der Waals surface area contributed by atoms with Gasteiger partial charge in [0.05, 0.1) is 0 Å². The zero-order valence-corrected chi connectivity index (χ0v) is 17.1. The van der Waals surface area contributed by atoms with Gasteiger partial charge in [0.15, 0.2) is 5.01 Å². The number of piperidine rings is 1. The molecule has 1 N–H and O–H groups in total. The first kappa shape index (κ1) is 19.8. The summed E-state index contributed by atoms with van der Waals surface area (Å²) in [6, 6.07) is 0.00186. The minimum Gasteiger partial charge on any atom is -0.348 e. The first-order valence-electron chi connectivity index (χ1n) is 9.09. The topological polar surface area (TPSA) is 80.1 Å². The Morgan fingerprint density at radius 3 is 2.93 bits per heavy atom. The van der Waals surface area contributed by atoms with Crippen molar-refractivity contribution in [3.05, 3.63) is 33.8 Å². The van der Waals surface area contributed by atoms with Crippen LogP contribution in [-0.4, -0.2) is 50.4 Å². The van der Waals surface area contributed by atoms with E-state index in [4.69, 9.17) is 11.6 Å². The minimum atomic E-state index is -0.245. The summed E-state index contributed by atoms with van der Waals surface area (Å²) in [7, 11) is 1.93. The van der Waals surface area contributed by atoms with Gasteiger partial charge in [-0.15, -0.1) is 11.3 Å². The standard InChI is InChI=1S/C18H24ClN5O2S/c1-12-5-7-24(16(25)4-3-15-20-6-8-23(15)2)13(9-12)10-21-17(26)18-22-14(19)11-27-18/h6,8,11-13H,3-5,7,9-10H2,1-2H3,(H,21,26)/t12-,13+/m1/s1. The summed E-state index contributed by atoms with van der Waals surface area (Å²) in [5.41, 5.74) is 0. The molecule has 2 amide bonds. The van der Waals surface area contributed by atoms with Crippen molar-refractivity contribution in [3.8, 4) is 0 Å². The smallest absolute Gasteiger partial charge is 0.280 e. The second kappa shape index (κ2) is 8.84. The van der Waals surface area contributed by atoms with Gasteiger partial charge in [0.1, 0.15) is 11.0 Å². The van der Waals surface area contributed by atoms with Crippen molar-refractivity contribution in [2.24, 2.45) is 13.0 Å². The Morgan fingerprint density at radius 1 is 1.44 bits per heavy atom. The summed E-state index contributed by atoms with van der Waals surface area (Å²) >= 11 is 7.00. The third-order valence-corrected chi connectivity index (χ3v) is 6.11. The van der Waals surface area contributed by atoms with E-state index < -0.39 is 0 Å². The van der Waals surface area contributed by atoms with Gasteiger partial charge in [-0.05, 0) is 18.8 Å². The van der Waals surface area contributed by atoms with Gasteiger partial charge < -0.3 is 14.8 Å². The fourth-order valence-corrected chi connectivity index (χ4v) is 4.28. The maximum Gasteiger partial charge on any atom is 0.280 e. The van der Waals surface area contributed by atoms with Crippen LogP contribution in [0.3, 0.4) is 0 Å². The van der Waals surface area contributed by atoms with Gasteiger partial charge in [-0.3, -0.25) is 9.59 Å². The van der Waals surface area contributed by atoms with Crippen molar-refractivity contribution in [1.82, 2.24) is 24.8 Å². The van der Waals surface area contributed by atoms with E-state index in [9.17, 15) is 9.59 Å². The maximum absolute atomic E-state index is 12.8. The van der Waals surface area contributed by atoms with Crippen molar-refractivity contribution in [2.45, 2.75) is 38.6 Å². The number of imidazole rings is 1. The maximum atomic E-state index is 12.8. The molecule has 2 aromatic rings. The average Bonchev–Trinajstić information content (AvgIpc) is 3.26. The molecule has 2 atom stereocenters. The number of aromatic nitrogens is 3. The number of likely N-dealkylation sites (tertiary alicyclic amines) is 1. The van der Waals surface area contributed by atoms with Gasteiger partial charge in [0, 0.05) is 56.8 Å². The molecule has 0 unspecified atom stereocenters. The van der Waals surface area contributed by atoms with Crippen LogP contribution in [0.15, 0.2) is 17.8 Å². The molecule has 0 aliphatic carbocycles. The molecule has 0 saturated carbocycles. The molecule has 3 heterocycles. The van der Waals surface area contributed by atoms with Crippen LogP contribution in [-0.2, 0) is 18.3 Å². The van der Waals surface area contributed by atoms with Crippen molar-refractivity contribution in [3.63, 3.8) is 0 Å². The highest BCUT2D eigenvalue weighted by Gasteiger charge is 2.30. The molecule has 0 bridgehead atoms. The van der Waals surface area contributed by atoms with Crippen LogP contribution in [0, 0.1) is 5.92 Å². The number of rotatable bonds is 6. The lowest BCUT2D eigenvalue weighted by atomic mass is 9.92. The van der Waals surface area contributed by atoms with E-state index in [2.05, 4.69) is 22.2 Å². The molecule has 7 nitrogen and oxygen atoms in total. The van der Waals surface area contributed by atoms with Crippen molar-refractivity contribution in [2.75, 3.05) is 13.1 Å². The van der Waals surface area contributed by atoms with Crippen LogP contribution in [0.1, 0.15) is 41.8 Å². The zero-order chi connectivity index (χ0) is 19.4. The molecule has 1 fully saturated rings. The Hall–Kier alpha value is -1.93. The highest BCUT2D eigenvalue weighted by Crippen LogP contribution is 2.23. The molecule has 1 saturated heterocycles. The second-order valence-electron chi connectivity index (χ2n) is 7.01. The van der Waals surface area contributed by atoms with E-state index in [1.807, 2.05) is 22.7 Å². The number of aryl methyl sites for hydroxylation is 2. The highest BCUT2D eigenvalue weighted by atomic mass is 35.5. The lowest BCUT2D eigenvalue weighted by molar-refractivity contribution is -0.135. The molecular weight excluding hydrogens is 386 g/mol. The largest absolute Gasteiger partial charge is 0.348 e. The van der Waals surface area contributed by atoms with E-state index in [1.54, 1.807) is 11.6 Å². The van der Waals surface area contributed by atoms with Crippen molar-refractivity contribution in [1.29, 1.82) is 0 Å². The molecule has 1 aliphatic heterocycles. The zero-order valence-electron chi connectivity index (χ0n) is 15.5. The number of thiazole rings is 1. The van der Waals surface area contributed by atoms with E-state index in [-0.39, 0.29) is 17.9 Å². The third kappa shape index (κ3) is 5.07. The number of carbonyl (C=O) groups excluding carboxylic acids is 2. The number of nitrogens with one attached hydrogen (secondary N) is 1. The first-order chi connectivity index (χ1) is 12.9. The Labute approximate surface area is 167 Å². The van der Waals surface area contributed by atoms with Crippen LogP contribution in [0.25, 0.3) is 0 Å².